The minimum absolute atomic E-state index is 0.205. The summed E-state index contributed by atoms with van der Waals surface area (Å²) in [6.45, 7) is 10.7. The van der Waals surface area contributed by atoms with E-state index in [2.05, 4.69) is 52.0 Å². The lowest BCUT2D eigenvalue weighted by molar-refractivity contribution is 0.155. The van der Waals surface area contributed by atoms with Crippen LogP contribution in [0.25, 0.3) is 0 Å². The third-order valence-corrected chi connectivity index (χ3v) is 4.08. The Morgan fingerprint density at radius 2 is 1.87 bits per heavy atom. The van der Waals surface area contributed by atoms with Crippen molar-refractivity contribution >= 4 is 0 Å². The number of rotatable bonds is 3. The van der Waals surface area contributed by atoms with E-state index in [4.69, 9.17) is 0 Å². The van der Waals surface area contributed by atoms with Crippen molar-refractivity contribution < 1.29 is 5.11 Å². The summed E-state index contributed by atoms with van der Waals surface area (Å²) in [5, 5.41) is 9.44. The van der Waals surface area contributed by atoms with E-state index in [0.717, 1.165) is 6.42 Å². The normalized spacial score (nSPS) is 33.5. The van der Waals surface area contributed by atoms with Crippen molar-refractivity contribution in [3.8, 4) is 0 Å². The van der Waals surface area contributed by atoms with Crippen LogP contribution in [0.5, 0.6) is 0 Å². The molecule has 0 saturated carbocycles. The van der Waals surface area contributed by atoms with E-state index >= 15 is 0 Å². The molecule has 15 heavy (non-hydrogen) atoms. The molecule has 0 spiro atoms. The van der Waals surface area contributed by atoms with E-state index < -0.39 is 0 Å². The molecule has 0 radical (unpaired) electrons. The molecule has 1 aliphatic rings. The van der Waals surface area contributed by atoms with Crippen molar-refractivity contribution in [3.05, 3.63) is 24.3 Å². The second-order valence-electron chi connectivity index (χ2n) is 5.70. The SMILES string of the molecule is CC(O)C(C)C=CC1(C)CC=CC1(C)C. The van der Waals surface area contributed by atoms with Gasteiger partial charge >= 0.3 is 0 Å². The third kappa shape index (κ3) is 2.52. The molecule has 1 heteroatoms. The maximum atomic E-state index is 9.44. The first-order valence-corrected chi connectivity index (χ1v) is 5.84. The van der Waals surface area contributed by atoms with Gasteiger partial charge in [0, 0.05) is 0 Å². The first kappa shape index (κ1) is 12.5. The van der Waals surface area contributed by atoms with Crippen LogP contribution in [0.3, 0.4) is 0 Å². The van der Waals surface area contributed by atoms with Gasteiger partial charge in [-0.1, -0.05) is 52.0 Å². The summed E-state index contributed by atoms with van der Waals surface area (Å²) in [7, 11) is 0. The molecule has 0 saturated heterocycles. The zero-order valence-corrected chi connectivity index (χ0v) is 10.6. The van der Waals surface area contributed by atoms with Crippen LogP contribution in [0.1, 0.15) is 41.0 Å². The van der Waals surface area contributed by atoms with Crippen LogP contribution in [0.15, 0.2) is 24.3 Å². The summed E-state index contributed by atoms with van der Waals surface area (Å²) < 4.78 is 0. The van der Waals surface area contributed by atoms with Gasteiger partial charge in [0.15, 0.2) is 0 Å². The Hall–Kier alpha value is -0.560. The molecular formula is C14H24O. The van der Waals surface area contributed by atoms with Crippen LogP contribution in [0.2, 0.25) is 0 Å². The highest BCUT2D eigenvalue weighted by molar-refractivity contribution is 5.20. The molecule has 0 heterocycles. The van der Waals surface area contributed by atoms with Gasteiger partial charge in [-0.25, -0.2) is 0 Å². The topological polar surface area (TPSA) is 20.2 Å². The molecule has 1 nitrogen and oxygen atoms in total. The Kier molecular flexibility index (Phi) is 3.44. The van der Waals surface area contributed by atoms with Crippen molar-refractivity contribution in [2.24, 2.45) is 16.7 Å². The molecule has 0 aliphatic heterocycles. The largest absolute Gasteiger partial charge is 0.393 e. The quantitative estimate of drug-likeness (QED) is 0.703. The summed E-state index contributed by atoms with van der Waals surface area (Å²) in [4.78, 5) is 0. The Morgan fingerprint density at radius 3 is 2.27 bits per heavy atom. The van der Waals surface area contributed by atoms with Gasteiger partial charge in [-0.2, -0.15) is 0 Å². The van der Waals surface area contributed by atoms with E-state index in [1.165, 1.54) is 0 Å². The van der Waals surface area contributed by atoms with Gasteiger partial charge in [0.2, 0.25) is 0 Å². The number of hydrogen-bond donors (Lipinski definition) is 1. The smallest absolute Gasteiger partial charge is 0.0572 e. The summed E-state index contributed by atoms with van der Waals surface area (Å²) in [5.74, 6) is 0.234. The van der Waals surface area contributed by atoms with Crippen molar-refractivity contribution in [2.75, 3.05) is 0 Å². The molecule has 0 aromatic heterocycles. The monoisotopic (exact) mass is 208 g/mol. The van der Waals surface area contributed by atoms with Crippen LogP contribution < -0.4 is 0 Å². The van der Waals surface area contributed by atoms with Crippen molar-refractivity contribution in [2.45, 2.75) is 47.1 Å². The van der Waals surface area contributed by atoms with E-state index in [-0.39, 0.29) is 22.9 Å². The van der Waals surface area contributed by atoms with Gasteiger partial charge in [-0.15, -0.1) is 0 Å². The molecule has 0 amide bonds. The third-order valence-electron chi connectivity index (χ3n) is 4.08. The fourth-order valence-corrected chi connectivity index (χ4v) is 1.86. The molecule has 3 unspecified atom stereocenters. The lowest BCUT2D eigenvalue weighted by Crippen LogP contribution is -2.28. The van der Waals surface area contributed by atoms with Gasteiger partial charge in [-0.3, -0.25) is 0 Å². The predicted octanol–water partition coefficient (Wildman–Crippen LogP) is 3.55. The van der Waals surface area contributed by atoms with Crippen LogP contribution in [-0.4, -0.2) is 11.2 Å². The zero-order chi connectivity index (χ0) is 11.7. The van der Waals surface area contributed by atoms with Crippen LogP contribution in [-0.2, 0) is 0 Å². The summed E-state index contributed by atoms with van der Waals surface area (Å²) >= 11 is 0. The molecule has 1 N–H and O–H groups in total. The molecule has 1 aliphatic carbocycles. The van der Waals surface area contributed by atoms with Gasteiger partial charge in [0.1, 0.15) is 0 Å². The molecule has 0 aromatic rings. The average molecular weight is 208 g/mol. The minimum atomic E-state index is -0.262. The number of aliphatic hydroxyl groups excluding tert-OH is 1. The van der Waals surface area contributed by atoms with Crippen molar-refractivity contribution in [1.82, 2.24) is 0 Å². The minimum Gasteiger partial charge on any atom is -0.393 e. The molecule has 86 valence electrons. The maximum Gasteiger partial charge on any atom is 0.0572 e. The Labute approximate surface area is 93.9 Å². The first-order chi connectivity index (χ1) is 6.78. The zero-order valence-electron chi connectivity index (χ0n) is 10.6. The fourth-order valence-electron chi connectivity index (χ4n) is 1.86. The Balaban J connectivity index is 2.74. The summed E-state index contributed by atoms with van der Waals surface area (Å²) in [6, 6.07) is 0. The average Bonchev–Trinajstić information content (AvgIpc) is 2.38. The highest BCUT2D eigenvalue weighted by Crippen LogP contribution is 2.49. The second kappa shape index (κ2) is 4.13. The van der Waals surface area contributed by atoms with Crippen molar-refractivity contribution in [3.63, 3.8) is 0 Å². The van der Waals surface area contributed by atoms with Crippen LogP contribution >= 0.6 is 0 Å². The molecular weight excluding hydrogens is 184 g/mol. The van der Waals surface area contributed by atoms with Gasteiger partial charge in [0.05, 0.1) is 6.10 Å². The molecule has 0 fully saturated rings. The lowest BCUT2D eigenvalue weighted by Gasteiger charge is -2.36. The number of aliphatic hydroxyl groups is 1. The van der Waals surface area contributed by atoms with Crippen molar-refractivity contribution in [1.29, 1.82) is 0 Å². The second-order valence-corrected chi connectivity index (χ2v) is 5.70. The van der Waals surface area contributed by atoms with Gasteiger partial charge in [-0.05, 0) is 30.1 Å². The maximum absolute atomic E-state index is 9.44. The Bertz CT molecular complexity index is 273. The highest BCUT2D eigenvalue weighted by Gasteiger charge is 2.39. The van der Waals surface area contributed by atoms with E-state index in [0.29, 0.717) is 0 Å². The molecule has 1 rings (SSSR count). The fraction of sp³-hybridized carbons (Fsp3) is 0.714. The molecule has 0 aromatic carbocycles. The first-order valence-electron chi connectivity index (χ1n) is 5.84. The highest BCUT2D eigenvalue weighted by atomic mass is 16.3. The molecule has 0 bridgehead atoms. The van der Waals surface area contributed by atoms with Crippen LogP contribution in [0.4, 0.5) is 0 Å². The number of hydrogen-bond acceptors (Lipinski definition) is 1. The number of allylic oxidation sites excluding steroid dienone is 3. The molecule has 3 atom stereocenters. The van der Waals surface area contributed by atoms with E-state index in [9.17, 15) is 5.11 Å². The lowest BCUT2D eigenvalue weighted by atomic mass is 9.68. The summed E-state index contributed by atoms with van der Waals surface area (Å²) in [5.41, 5.74) is 0.429. The van der Waals surface area contributed by atoms with Gasteiger partial charge in [0.25, 0.3) is 0 Å². The Morgan fingerprint density at radius 1 is 1.27 bits per heavy atom. The standard InChI is InChI=1S/C14H24O/c1-11(12(2)15)7-10-14(5)9-6-8-13(14,3)4/h6-8,10-12,15H,9H2,1-5H3. The van der Waals surface area contributed by atoms with E-state index in [1.54, 1.807) is 0 Å². The predicted molar refractivity (Wildman–Crippen MR) is 65.6 cm³/mol. The van der Waals surface area contributed by atoms with E-state index in [1.807, 2.05) is 6.92 Å². The van der Waals surface area contributed by atoms with Gasteiger partial charge < -0.3 is 5.11 Å². The van der Waals surface area contributed by atoms with Crippen LogP contribution in [0, 0.1) is 16.7 Å². The summed E-state index contributed by atoms with van der Waals surface area (Å²) in [6.07, 6.45) is 9.83.